The van der Waals surface area contributed by atoms with Gasteiger partial charge in [0.1, 0.15) is 5.69 Å². The number of hydrogen-bond donors (Lipinski definition) is 2. The molecule has 0 aliphatic rings. The number of anilines is 1. The van der Waals surface area contributed by atoms with Crippen molar-refractivity contribution in [1.82, 2.24) is 5.32 Å². The minimum atomic E-state index is -0.356. The van der Waals surface area contributed by atoms with E-state index in [0.29, 0.717) is 18.3 Å². The molecule has 5 heteroatoms. The fraction of sp³-hybridized carbons (Fsp3) is 0.500. The molecule has 0 fully saturated rings. The van der Waals surface area contributed by atoms with Gasteiger partial charge in [-0.05, 0) is 18.6 Å². The van der Waals surface area contributed by atoms with Gasteiger partial charge in [0.15, 0.2) is 0 Å². The van der Waals surface area contributed by atoms with Crippen LogP contribution in [-0.2, 0) is 0 Å². The number of nitro benzene ring substituents is 1. The summed E-state index contributed by atoms with van der Waals surface area (Å²) in [7, 11) is 0. The third-order valence-corrected chi connectivity index (χ3v) is 2.34. The normalized spacial score (nSPS) is 10.6. The Morgan fingerprint density at radius 3 is 2.65 bits per heavy atom. The largest absolute Gasteiger partial charge is 0.378 e. The summed E-state index contributed by atoms with van der Waals surface area (Å²) in [5.74, 6) is 0. The Kier molecular flexibility index (Phi) is 4.90. The molecule has 0 atom stereocenters. The maximum absolute atomic E-state index is 10.9. The quantitative estimate of drug-likeness (QED) is 0.452. The average Bonchev–Trinajstić information content (AvgIpc) is 2.25. The van der Waals surface area contributed by atoms with Gasteiger partial charge in [-0.25, -0.2) is 0 Å². The van der Waals surface area contributed by atoms with Crippen LogP contribution >= 0.6 is 0 Å². The number of benzene rings is 1. The summed E-state index contributed by atoms with van der Waals surface area (Å²) >= 11 is 0. The third-order valence-electron chi connectivity index (χ3n) is 2.34. The van der Waals surface area contributed by atoms with Crippen LogP contribution in [-0.4, -0.2) is 24.1 Å². The van der Waals surface area contributed by atoms with Gasteiger partial charge >= 0.3 is 0 Å². The molecule has 0 spiro atoms. The van der Waals surface area contributed by atoms with Crippen molar-refractivity contribution in [3.63, 3.8) is 0 Å². The molecule has 0 saturated carbocycles. The van der Waals surface area contributed by atoms with Gasteiger partial charge in [-0.2, -0.15) is 0 Å². The minimum Gasteiger partial charge on any atom is -0.378 e. The number of rotatable bonds is 6. The summed E-state index contributed by atoms with van der Waals surface area (Å²) in [5, 5.41) is 17.2. The smallest absolute Gasteiger partial charge is 0.292 e. The van der Waals surface area contributed by atoms with Gasteiger partial charge < -0.3 is 10.6 Å². The van der Waals surface area contributed by atoms with Crippen molar-refractivity contribution < 1.29 is 4.92 Å². The van der Waals surface area contributed by atoms with Crippen LogP contribution in [0.1, 0.15) is 19.4 Å². The van der Waals surface area contributed by atoms with Gasteiger partial charge in [-0.1, -0.05) is 19.9 Å². The molecular formula is C12H19N3O2. The zero-order valence-corrected chi connectivity index (χ0v) is 10.5. The van der Waals surface area contributed by atoms with Crippen LogP contribution in [0.15, 0.2) is 18.2 Å². The molecule has 0 unspecified atom stereocenters. The van der Waals surface area contributed by atoms with Crippen molar-refractivity contribution in [2.24, 2.45) is 0 Å². The Bertz CT molecular complexity index is 391. The van der Waals surface area contributed by atoms with Crippen molar-refractivity contribution in [1.29, 1.82) is 0 Å². The summed E-state index contributed by atoms with van der Waals surface area (Å²) in [6, 6.07) is 5.62. The molecule has 0 bridgehead atoms. The second-order valence-electron chi connectivity index (χ2n) is 4.31. The molecule has 0 aliphatic carbocycles. The van der Waals surface area contributed by atoms with Gasteiger partial charge in [0.25, 0.3) is 5.69 Å². The molecule has 0 radical (unpaired) electrons. The molecule has 0 amide bonds. The Morgan fingerprint density at radius 1 is 1.35 bits per heavy atom. The number of nitro groups is 1. The molecule has 1 rings (SSSR count). The molecule has 17 heavy (non-hydrogen) atoms. The van der Waals surface area contributed by atoms with Gasteiger partial charge in [0.05, 0.1) is 4.92 Å². The first-order valence-corrected chi connectivity index (χ1v) is 5.73. The lowest BCUT2D eigenvalue weighted by Crippen LogP contribution is -2.28. The van der Waals surface area contributed by atoms with Crippen molar-refractivity contribution in [3.8, 4) is 0 Å². The first-order valence-electron chi connectivity index (χ1n) is 5.73. The summed E-state index contributed by atoms with van der Waals surface area (Å²) in [4.78, 5) is 10.5. The molecule has 0 heterocycles. The van der Waals surface area contributed by atoms with Crippen LogP contribution in [0.5, 0.6) is 0 Å². The molecule has 1 aromatic rings. The van der Waals surface area contributed by atoms with Crippen molar-refractivity contribution >= 4 is 11.4 Å². The Labute approximate surface area is 101 Å². The fourth-order valence-electron chi connectivity index (χ4n) is 1.50. The molecule has 2 N–H and O–H groups in total. The number of hydrogen-bond acceptors (Lipinski definition) is 4. The SMILES string of the molecule is Cc1ccc(NCCNC(C)C)c([N+](=O)[O-])c1. The molecule has 1 aromatic carbocycles. The fourth-order valence-corrected chi connectivity index (χ4v) is 1.50. The van der Waals surface area contributed by atoms with E-state index in [9.17, 15) is 10.1 Å². The summed E-state index contributed by atoms with van der Waals surface area (Å²) in [6.07, 6.45) is 0. The standard InChI is InChI=1S/C12H19N3O2/c1-9(2)13-6-7-14-11-5-4-10(3)8-12(11)15(16)17/h4-5,8-9,13-14H,6-7H2,1-3H3. The van der Waals surface area contributed by atoms with Crippen molar-refractivity contribution in [3.05, 3.63) is 33.9 Å². The minimum absolute atomic E-state index is 0.134. The lowest BCUT2D eigenvalue weighted by Gasteiger charge is -2.10. The number of nitrogens with one attached hydrogen (secondary N) is 2. The van der Waals surface area contributed by atoms with Crippen molar-refractivity contribution in [2.75, 3.05) is 18.4 Å². The molecule has 5 nitrogen and oxygen atoms in total. The lowest BCUT2D eigenvalue weighted by molar-refractivity contribution is -0.384. The van der Waals surface area contributed by atoms with Gasteiger partial charge in [-0.3, -0.25) is 10.1 Å². The van der Waals surface area contributed by atoms with E-state index in [1.807, 2.05) is 13.0 Å². The molecular weight excluding hydrogens is 218 g/mol. The third kappa shape index (κ3) is 4.40. The highest BCUT2D eigenvalue weighted by Gasteiger charge is 2.12. The summed E-state index contributed by atoms with van der Waals surface area (Å²) in [5.41, 5.74) is 1.60. The summed E-state index contributed by atoms with van der Waals surface area (Å²) in [6.45, 7) is 7.42. The number of aryl methyl sites for hydroxylation is 1. The monoisotopic (exact) mass is 237 g/mol. The molecule has 94 valence electrons. The van der Waals surface area contributed by atoms with E-state index in [-0.39, 0.29) is 10.6 Å². The van der Waals surface area contributed by atoms with Crippen LogP contribution in [0.4, 0.5) is 11.4 Å². The van der Waals surface area contributed by atoms with Crippen LogP contribution < -0.4 is 10.6 Å². The second-order valence-corrected chi connectivity index (χ2v) is 4.31. The van der Waals surface area contributed by atoms with E-state index in [0.717, 1.165) is 12.1 Å². The van der Waals surface area contributed by atoms with Gasteiger partial charge in [0, 0.05) is 25.2 Å². The maximum Gasteiger partial charge on any atom is 0.292 e. The predicted molar refractivity (Wildman–Crippen MR) is 69.5 cm³/mol. The van der Waals surface area contributed by atoms with E-state index in [4.69, 9.17) is 0 Å². The Morgan fingerprint density at radius 2 is 2.06 bits per heavy atom. The highest BCUT2D eigenvalue weighted by atomic mass is 16.6. The average molecular weight is 237 g/mol. The van der Waals surface area contributed by atoms with E-state index in [1.165, 1.54) is 0 Å². The molecule has 0 aliphatic heterocycles. The van der Waals surface area contributed by atoms with Gasteiger partial charge in [0.2, 0.25) is 0 Å². The van der Waals surface area contributed by atoms with Crippen molar-refractivity contribution in [2.45, 2.75) is 26.8 Å². The molecule has 0 saturated heterocycles. The number of nitrogens with zero attached hydrogens (tertiary/aromatic N) is 1. The second kappa shape index (κ2) is 6.20. The summed E-state index contributed by atoms with van der Waals surface area (Å²) < 4.78 is 0. The van der Waals surface area contributed by atoms with Crippen LogP contribution in [0.3, 0.4) is 0 Å². The zero-order chi connectivity index (χ0) is 12.8. The van der Waals surface area contributed by atoms with Gasteiger partial charge in [-0.15, -0.1) is 0 Å². The maximum atomic E-state index is 10.9. The highest BCUT2D eigenvalue weighted by Crippen LogP contribution is 2.24. The van der Waals surface area contributed by atoms with E-state index in [2.05, 4.69) is 24.5 Å². The van der Waals surface area contributed by atoms with E-state index in [1.54, 1.807) is 12.1 Å². The highest BCUT2D eigenvalue weighted by molar-refractivity contribution is 5.62. The lowest BCUT2D eigenvalue weighted by atomic mass is 10.2. The Balaban J connectivity index is 2.61. The van der Waals surface area contributed by atoms with E-state index >= 15 is 0 Å². The van der Waals surface area contributed by atoms with Crippen LogP contribution in [0.25, 0.3) is 0 Å². The topological polar surface area (TPSA) is 67.2 Å². The Hall–Kier alpha value is -1.62. The van der Waals surface area contributed by atoms with Crippen LogP contribution in [0, 0.1) is 17.0 Å². The zero-order valence-electron chi connectivity index (χ0n) is 10.5. The first kappa shape index (κ1) is 13.4. The van der Waals surface area contributed by atoms with E-state index < -0.39 is 0 Å². The first-order chi connectivity index (χ1) is 8.00. The molecule has 0 aromatic heterocycles. The predicted octanol–water partition coefficient (Wildman–Crippen LogP) is 2.31. The van der Waals surface area contributed by atoms with Crippen LogP contribution in [0.2, 0.25) is 0 Å².